The fraction of sp³-hybridized carbons (Fsp3) is 0.250. The van der Waals surface area contributed by atoms with Gasteiger partial charge in [0.15, 0.2) is 11.9 Å². The van der Waals surface area contributed by atoms with E-state index in [9.17, 15) is 19.5 Å². The lowest BCUT2D eigenvalue weighted by atomic mass is 10.1. The van der Waals surface area contributed by atoms with Crippen LogP contribution in [0, 0.1) is 0 Å². The SMILES string of the molecule is C[C@@H]1Oc2c(cccc2C(=O)N(CCc2ccccc2)CC(=O)O)NC1=O. The predicted molar refractivity (Wildman–Crippen MR) is 98.8 cm³/mol. The number of fused-ring (bicyclic) bond motifs is 1. The molecule has 140 valence electrons. The number of nitrogens with zero attached hydrogens (tertiary/aromatic N) is 1. The molecule has 1 atom stereocenters. The minimum Gasteiger partial charge on any atom is -0.480 e. The summed E-state index contributed by atoms with van der Waals surface area (Å²) in [5, 5.41) is 11.9. The summed E-state index contributed by atoms with van der Waals surface area (Å²) in [4.78, 5) is 37.3. The van der Waals surface area contributed by atoms with Crippen molar-refractivity contribution in [3.05, 3.63) is 59.7 Å². The van der Waals surface area contributed by atoms with E-state index in [1.165, 1.54) is 4.90 Å². The minimum absolute atomic E-state index is 0.230. The largest absolute Gasteiger partial charge is 0.480 e. The van der Waals surface area contributed by atoms with Crippen molar-refractivity contribution < 1.29 is 24.2 Å². The molecule has 2 N–H and O–H groups in total. The molecule has 2 aromatic carbocycles. The highest BCUT2D eigenvalue weighted by Gasteiger charge is 2.29. The van der Waals surface area contributed by atoms with Gasteiger partial charge in [-0.1, -0.05) is 36.4 Å². The number of amides is 2. The van der Waals surface area contributed by atoms with Crippen molar-refractivity contribution in [2.45, 2.75) is 19.4 Å². The van der Waals surface area contributed by atoms with Crippen molar-refractivity contribution in [2.75, 3.05) is 18.4 Å². The molecule has 0 fully saturated rings. The summed E-state index contributed by atoms with van der Waals surface area (Å²) < 4.78 is 5.61. The maximum absolute atomic E-state index is 13.0. The Morgan fingerprint density at radius 1 is 1.15 bits per heavy atom. The molecule has 0 unspecified atom stereocenters. The fourth-order valence-corrected chi connectivity index (χ4v) is 2.89. The van der Waals surface area contributed by atoms with Crippen molar-refractivity contribution in [2.24, 2.45) is 0 Å². The molecule has 0 spiro atoms. The molecule has 3 rings (SSSR count). The van der Waals surface area contributed by atoms with Gasteiger partial charge in [-0.05, 0) is 31.0 Å². The summed E-state index contributed by atoms with van der Waals surface area (Å²) >= 11 is 0. The average molecular weight is 368 g/mol. The second-order valence-electron chi connectivity index (χ2n) is 6.29. The highest BCUT2D eigenvalue weighted by atomic mass is 16.5. The van der Waals surface area contributed by atoms with E-state index >= 15 is 0 Å². The lowest BCUT2D eigenvalue weighted by Gasteiger charge is -2.27. The second kappa shape index (κ2) is 7.90. The number of carbonyl (C=O) groups is 3. The molecule has 1 aliphatic rings. The summed E-state index contributed by atoms with van der Waals surface area (Å²) in [7, 11) is 0. The number of benzene rings is 2. The van der Waals surface area contributed by atoms with E-state index in [1.54, 1.807) is 25.1 Å². The van der Waals surface area contributed by atoms with Crippen LogP contribution in [-0.4, -0.2) is 47.0 Å². The molecule has 27 heavy (non-hydrogen) atoms. The zero-order valence-corrected chi connectivity index (χ0v) is 14.8. The highest BCUT2D eigenvalue weighted by molar-refractivity contribution is 6.04. The number of aliphatic carboxylic acids is 1. The van der Waals surface area contributed by atoms with Crippen LogP contribution in [0.5, 0.6) is 5.75 Å². The number of ether oxygens (including phenoxy) is 1. The monoisotopic (exact) mass is 368 g/mol. The molecule has 0 aromatic heterocycles. The summed E-state index contributed by atoms with van der Waals surface area (Å²) in [5.41, 5.74) is 1.64. The number of hydrogen-bond donors (Lipinski definition) is 2. The van der Waals surface area contributed by atoms with Gasteiger partial charge in [-0.15, -0.1) is 0 Å². The number of carboxylic acid groups (broad SMARTS) is 1. The standard InChI is InChI=1S/C20H20N2O5/c1-13-19(25)21-16-9-5-8-15(18(16)27-13)20(26)22(12-17(23)24)11-10-14-6-3-2-4-7-14/h2-9,13H,10-12H2,1H3,(H,21,25)(H,23,24)/t13-/m0/s1. The maximum atomic E-state index is 13.0. The van der Waals surface area contributed by atoms with Gasteiger partial charge in [-0.25, -0.2) is 0 Å². The first-order valence-corrected chi connectivity index (χ1v) is 8.61. The van der Waals surface area contributed by atoms with Gasteiger partial charge < -0.3 is 20.1 Å². The molecule has 1 aliphatic heterocycles. The lowest BCUT2D eigenvalue weighted by molar-refractivity contribution is -0.137. The van der Waals surface area contributed by atoms with E-state index in [4.69, 9.17) is 4.74 Å². The molecule has 0 saturated carbocycles. The van der Waals surface area contributed by atoms with Gasteiger partial charge in [-0.3, -0.25) is 14.4 Å². The Labute approximate surface area is 156 Å². The van der Waals surface area contributed by atoms with Crippen molar-refractivity contribution in [3.63, 3.8) is 0 Å². The molecule has 0 radical (unpaired) electrons. The average Bonchev–Trinajstić information content (AvgIpc) is 2.65. The van der Waals surface area contributed by atoms with E-state index < -0.39 is 24.5 Å². The third-order valence-electron chi connectivity index (χ3n) is 4.29. The van der Waals surface area contributed by atoms with Gasteiger partial charge in [0.2, 0.25) is 0 Å². The number of hydrogen-bond acceptors (Lipinski definition) is 4. The van der Waals surface area contributed by atoms with E-state index in [-0.39, 0.29) is 23.8 Å². The Hall–Kier alpha value is -3.35. The second-order valence-corrected chi connectivity index (χ2v) is 6.29. The Morgan fingerprint density at radius 3 is 2.59 bits per heavy atom. The number of rotatable bonds is 6. The van der Waals surface area contributed by atoms with Crippen molar-refractivity contribution >= 4 is 23.5 Å². The minimum atomic E-state index is -1.09. The Kier molecular flexibility index (Phi) is 5.40. The maximum Gasteiger partial charge on any atom is 0.323 e. The molecule has 0 bridgehead atoms. The zero-order valence-electron chi connectivity index (χ0n) is 14.8. The molecule has 7 nitrogen and oxygen atoms in total. The van der Waals surface area contributed by atoms with Gasteiger partial charge >= 0.3 is 5.97 Å². The number of carbonyl (C=O) groups excluding carboxylic acids is 2. The number of nitrogens with one attached hydrogen (secondary N) is 1. The third kappa shape index (κ3) is 4.25. The normalized spacial score (nSPS) is 15.3. The van der Waals surface area contributed by atoms with Crippen LogP contribution in [0.2, 0.25) is 0 Å². The first-order chi connectivity index (χ1) is 13.0. The van der Waals surface area contributed by atoms with Crippen LogP contribution < -0.4 is 10.1 Å². The van der Waals surface area contributed by atoms with Gasteiger partial charge in [0.1, 0.15) is 6.54 Å². The molecular weight excluding hydrogens is 348 g/mol. The third-order valence-corrected chi connectivity index (χ3v) is 4.29. The van der Waals surface area contributed by atoms with Crippen LogP contribution >= 0.6 is 0 Å². The van der Waals surface area contributed by atoms with Crippen LogP contribution in [0.25, 0.3) is 0 Å². The molecule has 2 aromatic rings. The van der Waals surface area contributed by atoms with Gasteiger partial charge in [0, 0.05) is 6.54 Å². The molecule has 0 saturated heterocycles. The first kappa shape index (κ1) is 18.4. The Balaban J connectivity index is 1.85. The van der Waals surface area contributed by atoms with Crippen molar-refractivity contribution in [1.29, 1.82) is 0 Å². The summed E-state index contributed by atoms with van der Waals surface area (Å²) in [6.45, 7) is 1.42. The summed E-state index contributed by atoms with van der Waals surface area (Å²) in [6, 6.07) is 14.4. The summed E-state index contributed by atoms with van der Waals surface area (Å²) in [5.74, 6) is -1.57. The topological polar surface area (TPSA) is 95.9 Å². The predicted octanol–water partition coefficient (Wildman–Crippen LogP) is 2.18. The van der Waals surface area contributed by atoms with Crippen LogP contribution in [-0.2, 0) is 16.0 Å². The van der Waals surface area contributed by atoms with Crippen LogP contribution in [0.15, 0.2) is 48.5 Å². The molecule has 1 heterocycles. The van der Waals surface area contributed by atoms with Crippen molar-refractivity contribution in [1.82, 2.24) is 4.90 Å². The van der Waals surface area contributed by atoms with Crippen LogP contribution in [0.3, 0.4) is 0 Å². The van der Waals surface area contributed by atoms with Crippen molar-refractivity contribution in [3.8, 4) is 5.75 Å². The molecular formula is C20H20N2O5. The number of anilines is 1. The first-order valence-electron chi connectivity index (χ1n) is 8.61. The van der Waals surface area contributed by atoms with Gasteiger partial charge in [0.25, 0.3) is 11.8 Å². The van der Waals surface area contributed by atoms with Crippen LogP contribution in [0.4, 0.5) is 5.69 Å². The smallest absolute Gasteiger partial charge is 0.323 e. The van der Waals surface area contributed by atoms with E-state index in [0.29, 0.717) is 12.1 Å². The molecule has 2 amide bonds. The number of carboxylic acids is 1. The lowest BCUT2D eigenvalue weighted by Crippen LogP contribution is -2.39. The molecule has 0 aliphatic carbocycles. The fourth-order valence-electron chi connectivity index (χ4n) is 2.89. The summed E-state index contributed by atoms with van der Waals surface area (Å²) in [6.07, 6.45) is -0.202. The van der Waals surface area contributed by atoms with E-state index in [1.807, 2.05) is 30.3 Å². The quantitative estimate of drug-likeness (QED) is 0.815. The Morgan fingerprint density at radius 2 is 1.89 bits per heavy atom. The Bertz CT molecular complexity index is 866. The van der Waals surface area contributed by atoms with Crippen LogP contribution in [0.1, 0.15) is 22.8 Å². The zero-order chi connectivity index (χ0) is 19.4. The van der Waals surface area contributed by atoms with E-state index in [2.05, 4.69) is 5.32 Å². The van der Waals surface area contributed by atoms with E-state index in [0.717, 1.165) is 5.56 Å². The number of para-hydroxylation sites is 1. The van der Waals surface area contributed by atoms with Gasteiger partial charge in [0.05, 0.1) is 11.3 Å². The molecule has 7 heteroatoms. The van der Waals surface area contributed by atoms with Gasteiger partial charge in [-0.2, -0.15) is 0 Å². The highest BCUT2D eigenvalue weighted by Crippen LogP contribution is 2.34.